The number of fused-ring (bicyclic) bond motifs is 19. The zero-order chi connectivity index (χ0) is 64.3. The third-order valence-corrected chi connectivity index (χ3v) is 26.1. The monoisotopic (exact) mass is 1240 g/mol. The molecule has 0 aromatic heterocycles. The van der Waals surface area contributed by atoms with Crippen molar-refractivity contribution in [3.05, 3.63) is 312 Å². The average Bonchev–Trinajstić information content (AvgIpc) is 1.51. The van der Waals surface area contributed by atoms with Crippen LogP contribution in [0.4, 0.5) is 22.7 Å². The number of para-hydroxylation sites is 2. The summed E-state index contributed by atoms with van der Waals surface area (Å²) in [5, 5.41) is 13.0. The van der Waals surface area contributed by atoms with Gasteiger partial charge in [0.05, 0.1) is 16.5 Å². The van der Waals surface area contributed by atoms with Crippen LogP contribution in [0.25, 0.3) is 121 Å². The first-order valence-electron chi connectivity index (χ1n) is 35.7. The van der Waals surface area contributed by atoms with E-state index in [4.69, 9.17) is 0 Å². The van der Waals surface area contributed by atoms with Crippen LogP contribution >= 0.6 is 0 Å². The van der Waals surface area contributed by atoms with Crippen LogP contribution in [0, 0.1) is 0 Å². The van der Waals surface area contributed by atoms with E-state index in [2.05, 4.69) is 317 Å². The summed E-state index contributed by atoms with van der Waals surface area (Å²) in [6.07, 6.45) is 9.74. The number of nitrogens with zero attached hydrogens (tertiary/aromatic N) is 2. The number of benzene rings is 15. The summed E-state index contributed by atoms with van der Waals surface area (Å²) in [6.45, 7) is 10.2. The van der Waals surface area contributed by atoms with Crippen molar-refractivity contribution >= 4 is 76.6 Å². The highest BCUT2D eigenvalue weighted by molar-refractivity contribution is 6.27. The molecule has 6 aliphatic rings. The lowest BCUT2D eigenvalue weighted by molar-refractivity contribution is 0.195. The van der Waals surface area contributed by atoms with Gasteiger partial charge in [-0.15, -0.1) is 0 Å². The number of rotatable bonds is 6. The van der Waals surface area contributed by atoms with E-state index >= 15 is 0 Å². The van der Waals surface area contributed by atoms with Crippen molar-refractivity contribution in [2.45, 2.75) is 106 Å². The van der Waals surface area contributed by atoms with Crippen molar-refractivity contribution in [1.82, 2.24) is 0 Å². The Bertz CT molecular complexity index is 5600. The number of hydrogen-bond donors (Lipinski definition) is 0. The summed E-state index contributed by atoms with van der Waals surface area (Å²) >= 11 is 0. The SMILES string of the molecule is CC12CCCCC1(C)N(c1ccccc1)c1ccc(-c3cccc4c(-c5ccc6c(c5)C5(c7cc(-c8cccc9c(-c%10ccc%11c(c%10)C%10(C)CCCCC%10(C)N%11c%10ccccc%10)cccc89)ccc7-6)c6ccccc6-c6c5cc5ccc7cccc8ccc6c5c78)cccc34)cc12. The van der Waals surface area contributed by atoms with Crippen LogP contribution in [0.15, 0.2) is 279 Å². The first-order chi connectivity index (χ1) is 47.6. The maximum Gasteiger partial charge on any atom is 0.0726 e. The van der Waals surface area contributed by atoms with Gasteiger partial charge in [0, 0.05) is 33.6 Å². The molecule has 1 spiro atoms. The van der Waals surface area contributed by atoms with Gasteiger partial charge in [-0.1, -0.05) is 252 Å². The Hall–Kier alpha value is -10.5. The lowest BCUT2D eigenvalue weighted by Gasteiger charge is -2.50. The molecule has 0 N–H and O–H groups in total. The summed E-state index contributed by atoms with van der Waals surface area (Å²) in [7, 11) is 0. The van der Waals surface area contributed by atoms with E-state index in [0.29, 0.717) is 0 Å². The molecule has 0 saturated heterocycles. The van der Waals surface area contributed by atoms with Crippen LogP contribution < -0.4 is 9.80 Å². The van der Waals surface area contributed by atoms with Crippen molar-refractivity contribution in [1.29, 1.82) is 0 Å². The maximum absolute atomic E-state index is 2.69. The predicted octanol–water partition coefficient (Wildman–Crippen LogP) is 25.4. The molecule has 0 radical (unpaired) electrons. The van der Waals surface area contributed by atoms with Crippen molar-refractivity contribution in [2.24, 2.45) is 0 Å². The van der Waals surface area contributed by atoms with Gasteiger partial charge in [0.2, 0.25) is 0 Å². The van der Waals surface area contributed by atoms with Gasteiger partial charge in [-0.05, 0) is 260 Å². The molecule has 4 aliphatic carbocycles. The molecular weight excluding hydrogens is 1170 g/mol. The topological polar surface area (TPSA) is 6.48 Å². The minimum absolute atomic E-state index is 0.0140. The maximum atomic E-state index is 2.69. The molecule has 15 aromatic rings. The normalized spacial score (nSPS) is 22.5. The van der Waals surface area contributed by atoms with Gasteiger partial charge in [0.1, 0.15) is 0 Å². The van der Waals surface area contributed by atoms with E-state index in [1.807, 2.05) is 0 Å². The predicted molar refractivity (Wildman–Crippen MR) is 409 cm³/mol. The summed E-state index contributed by atoms with van der Waals surface area (Å²) in [5.74, 6) is 0. The highest BCUT2D eigenvalue weighted by Gasteiger charge is 2.59. The Kier molecular flexibility index (Phi) is 11.4. The third-order valence-electron chi connectivity index (χ3n) is 26.1. The van der Waals surface area contributed by atoms with Crippen LogP contribution in [0.5, 0.6) is 0 Å². The molecule has 2 aliphatic heterocycles. The molecule has 2 nitrogen and oxygen atoms in total. The molecule has 4 unspecified atom stereocenters. The number of hydrogen-bond acceptors (Lipinski definition) is 2. The fourth-order valence-corrected chi connectivity index (χ4v) is 21.2. The first-order valence-corrected chi connectivity index (χ1v) is 35.7. The number of anilines is 4. The average molecular weight is 1240 g/mol. The fourth-order valence-electron chi connectivity index (χ4n) is 21.2. The Morgan fingerprint density at radius 2 is 0.660 bits per heavy atom. The highest BCUT2D eigenvalue weighted by Crippen LogP contribution is 2.67. The lowest BCUT2D eigenvalue weighted by atomic mass is 9.61. The van der Waals surface area contributed by atoms with Crippen molar-refractivity contribution < 1.29 is 0 Å². The van der Waals surface area contributed by atoms with Crippen molar-refractivity contribution in [3.63, 3.8) is 0 Å². The van der Waals surface area contributed by atoms with Gasteiger partial charge in [0.25, 0.3) is 0 Å². The minimum Gasteiger partial charge on any atom is -0.334 e. The van der Waals surface area contributed by atoms with Crippen LogP contribution in [0.3, 0.4) is 0 Å². The van der Waals surface area contributed by atoms with E-state index in [-0.39, 0.29) is 21.9 Å². The second kappa shape index (κ2) is 19.8. The van der Waals surface area contributed by atoms with E-state index in [0.717, 1.165) is 0 Å². The van der Waals surface area contributed by atoms with Gasteiger partial charge in [-0.2, -0.15) is 0 Å². The molecule has 2 heterocycles. The smallest absolute Gasteiger partial charge is 0.0726 e. The Morgan fingerprint density at radius 1 is 0.258 bits per heavy atom. The molecule has 4 atom stereocenters. The van der Waals surface area contributed by atoms with Gasteiger partial charge < -0.3 is 9.80 Å². The Morgan fingerprint density at radius 3 is 1.15 bits per heavy atom. The Labute approximate surface area is 568 Å². The molecule has 2 saturated carbocycles. The standard InChI is InChI=1S/C95H74N2/c1-91-50-13-15-52-93(91,3)96(66-24-7-5-8-25-66)86-48-43-63(56-83(86)91)70-31-20-33-72-68(29-18-35-74(70)72)61-41-45-76-77-46-42-62(55-82(77)95(81(76)54-61)80-37-12-11-28-78(80)90-79-47-40-60-23-17-22-59-38-39-65(58-85(90)95)89(79)88(59)60)69-30-19-36-75-71(32-21-34-73(69)75)64-44-49-87-84(57-64)92(2)51-14-16-53-94(92,4)97(87)67-26-9-6-10-27-67/h5-12,17-49,54-58H,13-16,50-53H2,1-4H3. The van der Waals surface area contributed by atoms with Crippen molar-refractivity contribution in [2.75, 3.05) is 9.80 Å². The molecule has 97 heavy (non-hydrogen) atoms. The molecule has 0 bridgehead atoms. The zero-order valence-corrected chi connectivity index (χ0v) is 55.6. The lowest BCUT2D eigenvalue weighted by Crippen LogP contribution is -2.54. The molecule has 0 amide bonds. The molecule has 464 valence electrons. The largest absolute Gasteiger partial charge is 0.334 e. The van der Waals surface area contributed by atoms with Crippen LogP contribution in [-0.2, 0) is 16.2 Å². The molecule has 2 heteroatoms. The highest BCUT2D eigenvalue weighted by atomic mass is 15.3. The zero-order valence-electron chi connectivity index (χ0n) is 55.6. The van der Waals surface area contributed by atoms with Crippen LogP contribution in [0.2, 0.25) is 0 Å². The Balaban J connectivity index is 0.745. The molecule has 15 aromatic carbocycles. The van der Waals surface area contributed by atoms with Crippen LogP contribution in [-0.4, -0.2) is 11.1 Å². The van der Waals surface area contributed by atoms with E-state index in [1.165, 1.54) is 228 Å². The minimum atomic E-state index is -0.637. The van der Waals surface area contributed by atoms with E-state index < -0.39 is 5.41 Å². The summed E-state index contributed by atoms with van der Waals surface area (Å²) < 4.78 is 0. The second-order valence-electron chi connectivity index (χ2n) is 30.3. The van der Waals surface area contributed by atoms with Gasteiger partial charge in [-0.25, -0.2) is 0 Å². The fraction of sp³-hybridized carbons (Fsp3) is 0.179. The van der Waals surface area contributed by atoms with Gasteiger partial charge >= 0.3 is 0 Å². The molecular formula is C95H74N2. The third kappa shape index (κ3) is 7.15. The van der Waals surface area contributed by atoms with E-state index in [9.17, 15) is 0 Å². The second-order valence-corrected chi connectivity index (χ2v) is 30.3. The quantitative estimate of drug-likeness (QED) is 0.153. The first kappa shape index (κ1) is 55.7. The summed E-state index contributed by atoms with van der Waals surface area (Å²) in [5.41, 5.74) is 28.4. The van der Waals surface area contributed by atoms with Gasteiger partial charge in [-0.3, -0.25) is 0 Å². The molecule has 21 rings (SSSR count). The summed E-state index contributed by atoms with van der Waals surface area (Å²) in [4.78, 5) is 5.39. The summed E-state index contributed by atoms with van der Waals surface area (Å²) in [6, 6.07) is 109. The van der Waals surface area contributed by atoms with Gasteiger partial charge in [0.15, 0.2) is 0 Å². The molecule has 2 fully saturated rings. The van der Waals surface area contributed by atoms with E-state index in [1.54, 1.807) is 0 Å². The van der Waals surface area contributed by atoms with Crippen molar-refractivity contribution in [3.8, 4) is 66.8 Å². The van der Waals surface area contributed by atoms with Crippen LogP contribution in [0.1, 0.15) is 112 Å².